The highest BCUT2D eigenvalue weighted by atomic mass is 16.3. The maximum absolute atomic E-state index is 5.10. The summed E-state index contributed by atoms with van der Waals surface area (Å²) < 4.78 is 5.10. The second-order valence-corrected chi connectivity index (χ2v) is 2.32. The van der Waals surface area contributed by atoms with E-state index < -0.39 is 0 Å². The van der Waals surface area contributed by atoms with E-state index in [0.29, 0.717) is 0 Å². The average molecular weight is 155 g/mol. The molecule has 0 saturated carbocycles. The van der Waals surface area contributed by atoms with Gasteiger partial charge in [0, 0.05) is 0 Å². The minimum atomic E-state index is 0.882. The lowest BCUT2D eigenvalue weighted by atomic mass is 10.4. The smallest absolute Gasteiger partial charge is 0.117 e. The van der Waals surface area contributed by atoms with Crippen molar-refractivity contribution in [3.05, 3.63) is 24.2 Å². The quantitative estimate of drug-likeness (QED) is 0.652. The Hall–Kier alpha value is -0.760. The molecule has 11 heavy (non-hydrogen) atoms. The first-order valence-electron chi connectivity index (χ1n) is 3.96. The fraction of sp³-hybridized carbons (Fsp3) is 0.556. The van der Waals surface area contributed by atoms with E-state index in [4.69, 9.17) is 4.42 Å². The van der Waals surface area contributed by atoms with Gasteiger partial charge < -0.3 is 9.32 Å². The second kappa shape index (κ2) is 5.98. The lowest BCUT2D eigenvalue weighted by Crippen LogP contribution is -2.09. The van der Waals surface area contributed by atoms with E-state index in [1.165, 1.54) is 0 Å². The fourth-order valence-corrected chi connectivity index (χ4v) is 0.714. The molecule has 0 spiro atoms. The molecule has 0 fully saturated rings. The van der Waals surface area contributed by atoms with Gasteiger partial charge in [-0.05, 0) is 26.2 Å². The van der Waals surface area contributed by atoms with Crippen LogP contribution in [0.4, 0.5) is 0 Å². The summed E-state index contributed by atoms with van der Waals surface area (Å²) in [4.78, 5) is 2.07. The van der Waals surface area contributed by atoms with Gasteiger partial charge in [-0.25, -0.2) is 0 Å². The monoisotopic (exact) mass is 155 g/mol. The third-order valence-corrected chi connectivity index (χ3v) is 1.05. The Bertz CT molecular complexity index is 156. The Kier molecular flexibility index (Phi) is 5.57. The summed E-state index contributed by atoms with van der Waals surface area (Å²) in [5.41, 5.74) is 0. The SMILES string of the molecule is CC.CN(C)Cc1ccco1. The summed E-state index contributed by atoms with van der Waals surface area (Å²) in [5.74, 6) is 1.01. The molecule has 0 aromatic carbocycles. The topological polar surface area (TPSA) is 16.4 Å². The van der Waals surface area contributed by atoms with E-state index in [2.05, 4.69) is 4.90 Å². The van der Waals surface area contributed by atoms with Crippen LogP contribution in [0.15, 0.2) is 22.8 Å². The molecule has 0 aliphatic heterocycles. The zero-order chi connectivity index (χ0) is 8.69. The van der Waals surface area contributed by atoms with Crippen LogP contribution in [0, 0.1) is 0 Å². The van der Waals surface area contributed by atoms with Gasteiger partial charge in [-0.15, -0.1) is 0 Å². The predicted octanol–water partition coefficient (Wildman–Crippen LogP) is 2.37. The van der Waals surface area contributed by atoms with Crippen molar-refractivity contribution in [3.8, 4) is 0 Å². The van der Waals surface area contributed by atoms with Gasteiger partial charge in [0.15, 0.2) is 0 Å². The summed E-state index contributed by atoms with van der Waals surface area (Å²) in [6, 6.07) is 3.87. The number of rotatable bonds is 2. The second-order valence-electron chi connectivity index (χ2n) is 2.32. The molecule has 0 unspecified atom stereocenters. The molecule has 1 aromatic heterocycles. The molecule has 1 heterocycles. The zero-order valence-corrected chi connectivity index (χ0v) is 7.79. The van der Waals surface area contributed by atoms with E-state index >= 15 is 0 Å². The van der Waals surface area contributed by atoms with Crippen LogP contribution < -0.4 is 0 Å². The van der Waals surface area contributed by atoms with Crippen LogP contribution in [0.25, 0.3) is 0 Å². The number of furan rings is 1. The molecule has 0 amide bonds. The van der Waals surface area contributed by atoms with Gasteiger partial charge in [-0.1, -0.05) is 13.8 Å². The van der Waals surface area contributed by atoms with Crippen molar-refractivity contribution in [2.24, 2.45) is 0 Å². The first kappa shape index (κ1) is 10.2. The molecule has 1 rings (SSSR count). The van der Waals surface area contributed by atoms with Gasteiger partial charge >= 0.3 is 0 Å². The van der Waals surface area contributed by atoms with Crippen molar-refractivity contribution < 1.29 is 4.42 Å². The molecular formula is C9H17NO. The van der Waals surface area contributed by atoms with Crippen LogP contribution in [0.3, 0.4) is 0 Å². The summed E-state index contributed by atoms with van der Waals surface area (Å²) >= 11 is 0. The van der Waals surface area contributed by atoms with Gasteiger partial charge in [0.05, 0.1) is 12.8 Å². The molecule has 0 atom stereocenters. The summed E-state index contributed by atoms with van der Waals surface area (Å²) in [7, 11) is 4.03. The van der Waals surface area contributed by atoms with E-state index in [9.17, 15) is 0 Å². The number of hydrogen-bond acceptors (Lipinski definition) is 2. The number of hydrogen-bond donors (Lipinski definition) is 0. The van der Waals surface area contributed by atoms with Crippen LogP contribution >= 0.6 is 0 Å². The Morgan fingerprint density at radius 1 is 1.36 bits per heavy atom. The molecule has 2 nitrogen and oxygen atoms in total. The molecular weight excluding hydrogens is 138 g/mol. The van der Waals surface area contributed by atoms with Crippen LogP contribution in [0.5, 0.6) is 0 Å². The lowest BCUT2D eigenvalue weighted by Gasteiger charge is -2.04. The molecule has 0 radical (unpaired) electrons. The highest BCUT2D eigenvalue weighted by molar-refractivity contribution is 4.97. The van der Waals surface area contributed by atoms with Gasteiger partial charge in [0.25, 0.3) is 0 Å². The van der Waals surface area contributed by atoms with Crippen molar-refractivity contribution in [3.63, 3.8) is 0 Å². The predicted molar refractivity (Wildman–Crippen MR) is 47.4 cm³/mol. The van der Waals surface area contributed by atoms with Crippen LogP contribution in [0.1, 0.15) is 19.6 Å². The standard InChI is InChI=1S/C7H11NO.C2H6/c1-8(2)6-7-4-3-5-9-7;1-2/h3-5H,6H2,1-2H3;1-2H3. The molecule has 0 bridgehead atoms. The molecule has 1 aromatic rings. The Labute approximate surface area is 68.8 Å². The van der Waals surface area contributed by atoms with Crippen LogP contribution in [-0.4, -0.2) is 19.0 Å². The van der Waals surface area contributed by atoms with E-state index in [-0.39, 0.29) is 0 Å². The normalized spacial score (nSPS) is 9.18. The third-order valence-electron chi connectivity index (χ3n) is 1.05. The van der Waals surface area contributed by atoms with Crippen LogP contribution in [0.2, 0.25) is 0 Å². The Morgan fingerprint density at radius 3 is 2.36 bits per heavy atom. The molecule has 0 saturated heterocycles. The summed E-state index contributed by atoms with van der Waals surface area (Å²) in [6.45, 7) is 4.88. The van der Waals surface area contributed by atoms with Crippen molar-refractivity contribution in [1.29, 1.82) is 0 Å². The van der Waals surface area contributed by atoms with Gasteiger partial charge in [0.1, 0.15) is 5.76 Å². The minimum Gasteiger partial charge on any atom is -0.468 e. The summed E-state index contributed by atoms with van der Waals surface area (Å²) in [6.07, 6.45) is 1.69. The highest BCUT2D eigenvalue weighted by Crippen LogP contribution is 2.00. The van der Waals surface area contributed by atoms with E-state index in [0.717, 1.165) is 12.3 Å². The van der Waals surface area contributed by atoms with Gasteiger partial charge in [0.2, 0.25) is 0 Å². The average Bonchev–Trinajstić information content (AvgIpc) is 2.43. The molecule has 0 N–H and O–H groups in total. The Morgan fingerprint density at radius 2 is 2.00 bits per heavy atom. The maximum atomic E-state index is 5.10. The largest absolute Gasteiger partial charge is 0.468 e. The lowest BCUT2D eigenvalue weighted by molar-refractivity contribution is 0.350. The molecule has 0 aliphatic carbocycles. The summed E-state index contributed by atoms with van der Waals surface area (Å²) in [5, 5.41) is 0. The first-order valence-corrected chi connectivity index (χ1v) is 3.96. The Balaban J connectivity index is 0.000000461. The molecule has 2 heteroatoms. The van der Waals surface area contributed by atoms with Crippen LogP contribution in [-0.2, 0) is 6.54 Å². The molecule has 0 aliphatic rings. The van der Waals surface area contributed by atoms with E-state index in [1.807, 2.05) is 40.1 Å². The van der Waals surface area contributed by atoms with Crippen molar-refractivity contribution >= 4 is 0 Å². The van der Waals surface area contributed by atoms with E-state index in [1.54, 1.807) is 6.26 Å². The fourth-order valence-electron chi connectivity index (χ4n) is 0.714. The third kappa shape index (κ3) is 4.62. The maximum Gasteiger partial charge on any atom is 0.117 e. The molecule has 64 valence electrons. The van der Waals surface area contributed by atoms with Gasteiger partial charge in [-0.3, -0.25) is 0 Å². The van der Waals surface area contributed by atoms with Crippen molar-refractivity contribution in [1.82, 2.24) is 4.90 Å². The van der Waals surface area contributed by atoms with Crippen molar-refractivity contribution in [2.75, 3.05) is 14.1 Å². The zero-order valence-electron chi connectivity index (χ0n) is 7.79. The highest BCUT2D eigenvalue weighted by Gasteiger charge is 1.94. The minimum absolute atomic E-state index is 0.882. The first-order chi connectivity index (χ1) is 5.29. The van der Waals surface area contributed by atoms with Gasteiger partial charge in [-0.2, -0.15) is 0 Å². The number of nitrogens with zero attached hydrogens (tertiary/aromatic N) is 1. The van der Waals surface area contributed by atoms with Crippen molar-refractivity contribution in [2.45, 2.75) is 20.4 Å².